The molecule has 0 saturated heterocycles. The minimum absolute atomic E-state index is 0.197. The van der Waals surface area contributed by atoms with Gasteiger partial charge in [0.25, 0.3) is 0 Å². The van der Waals surface area contributed by atoms with Gasteiger partial charge in [-0.2, -0.15) is 4.91 Å². The second kappa shape index (κ2) is 13.8. The summed E-state index contributed by atoms with van der Waals surface area (Å²) < 4.78 is 0. The average Bonchev–Trinajstić information content (AvgIpc) is 3.37. The highest BCUT2D eigenvalue weighted by molar-refractivity contribution is 5.53. The Bertz CT molecular complexity index is 874. The van der Waals surface area contributed by atoms with Crippen LogP contribution in [0.15, 0.2) is 66.4 Å². The third kappa shape index (κ3) is 9.33. The maximum atomic E-state index is 10.1. The molecule has 4 rings (SSSR count). The number of rotatable bonds is 5. The first kappa shape index (κ1) is 23.9. The lowest BCUT2D eigenvalue weighted by molar-refractivity contribution is 0.462. The van der Waals surface area contributed by atoms with Crippen LogP contribution in [0.5, 0.6) is 5.75 Å². The number of hydrogen-bond acceptors (Lipinski definition) is 7. The van der Waals surface area contributed by atoms with Gasteiger partial charge in [-0.1, -0.05) is 63.3 Å². The zero-order valence-electron chi connectivity index (χ0n) is 18.2. The number of pyridine rings is 1. The summed E-state index contributed by atoms with van der Waals surface area (Å²) in [4.78, 5) is 21.9. The molecule has 0 spiro atoms. The summed E-state index contributed by atoms with van der Waals surface area (Å²) in [5, 5.41) is 15.1. The predicted molar refractivity (Wildman–Crippen MR) is 124 cm³/mol. The van der Waals surface area contributed by atoms with E-state index in [2.05, 4.69) is 25.4 Å². The van der Waals surface area contributed by atoms with Crippen LogP contribution in [0.2, 0.25) is 0 Å². The molecule has 2 aromatic heterocycles. The van der Waals surface area contributed by atoms with Crippen molar-refractivity contribution >= 4 is 11.6 Å². The fourth-order valence-electron chi connectivity index (χ4n) is 3.03. The monoisotopic (exact) mass is 421 g/mol. The molecule has 7 nitrogen and oxygen atoms in total. The molecule has 7 heteroatoms. The van der Waals surface area contributed by atoms with Crippen LogP contribution in [0.1, 0.15) is 63.0 Å². The highest BCUT2D eigenvalue weighted by atomic mass is 16.3. The molecule has 0 radical (unpaired) electrons. The van der Waals surface area contributed by atoms with Gasteiger partial charge < -0.3 is 10.4 Å². The molecule has 1 aliphatic rings. The molecule has 164 valence electrons. The maximum Gasteiger partial charge on any atom is 0.227 e. The van der Waals surface area contributed by atoms with E-state index in [9.17, 15) is 10.0 Å². The van der Waals surface area contributed by atoms with Crippen molar-refractivity contribution in [3.05, 3.63) is 77.2 Å². The fourth-order valence-corrected chi connectivity index (χ4v) is 3.03. The molecule has 0 aliphatic heterocycles. The molecule has 3 aromatic rings. The Balaban J connectivity index is 0.000000192. The Morgan fingerprint density at radius 1 is 0.968 bits per heavy atom. The number of benzene rings is 1. The first-order valence-electron chi connectivity index (χ1n) is 10.6. The molecular weight excluding hydrogens is 390 g/mol. The van der Waals surface area contributed by atoms with E-state index < -0.39 is 0 Å². The van der Waals surface area contributed by atoms with E-state index in [1.807, 2.05) is 44.2 Å². The first-order chi connectivity index (χ1) is 15.1. The highest BCUT2D eigenvalue weighted by Crippen LogP contribution is 2.22. The molecule has 1 aromatic carbocycles. The topological polar surface area (TPSA) is 100 Å². The molecule has 1 fully saturated rings. The smallest absolute Gasteiger partial charge is 0.227 e. The van der Waals surface area contributed by atoms with E-state index in [0.717, 1.165) is 16.8 Å². The lowest BCUT2D eigenvalue weighted by atomic mass is 10.0. The van der Waals surface area contributed by atoms with Gasteiger partial charge in [0.15, 0.2) is 0 Å². The highest BCUT2D eigenvalue weighted by Gasteiger charge is 2.03. The number of aromatic nitrogens is 3. The van der Waals surface area contributed by atoms with E-state index in [0.29, 0.717) is 11.9 Å². The van der Waals surface area contributed by atoms with Crippen molar-refractivity contribution in [3.63, 3.8) is 0 Å². The summed E-state index contributed by atoms with van der Waals surface area (Å²) in [6.45, 7) is 4.27. The van der Waals surface area contributed by atoms with E-state index in [1.165, 1.54) is 38.3 Å². The van der Waals surface area contributed by atoms with Crippen LogP contribution in [0.3, 0.4) is 0 Å². The number of nitrogens with one attached hydrogen (secondary N) is 1. The molecule has 0 amide bonds. The van der Waals surface area contributed by atoms with Gasteiger partial charge in [0.1, 0.15) is 12.3 Å². The van der Waals surface area contributed by atoms with Gasteiger partial charge in [-0.25, -0.2) is 9.97 Å². The van der Waals surface area contributed by atoms with E-state index in [-0.39, 0.29) is 12.3 Å². The lowest BCUT2D eigenvalue weighted by Gasteiger charge is -2.05. The van der Waals surface area contributed by atoms with Crippen LogP contribution in [0.25, 0.3) is 0 Å². The predicted octanol–water partition coefficient (Wildman–Crippen LogP) is 6.35. The summed E-state index contributed by atoms with van der Waals surface area (Å²) in [5.41, 5.74) is 2.71. The Labute approximate surface area is 184 Å². The summed E-state index contributed by atoms with van der Waals surface area (Å²) in [6, 6.07) is 11.0. The molecule has 2 N–H and O–H groups in total. The summed E-state index contributed by atoms with van der Waals surface area (Å²) in [7, 11) is 0. The van der Waals surface area contributed by atoms with Crippen LogP contribution < -0.4 is 5.32 Å². The molecular formula is C24H31N5O2. The molecule has 0 unspecified atom stereocenters. The van der Waals surface area contributed by atoms with E-state index in [4.69, 9.17) is 0 Å². The van der Waals surface area contributed by atoms with Gasteiger partial charge in [0.05, 0.1) is 6.20 Å². The molecule has 0 atom stereocenters. The zero-order chi connectivity index (χ0) is 22.3. The molecule has 1 aliphatic carbocycles. The standard InChI is InChI=1S/C11H10N4O.C8H11NO.C5H10/c16-14-8-9-2-4-10(5-3-9)15-11-12-6-1-7-13-11;1-6(2)7-3-4-9-5-8(7)10;1-2-4-5-3-1/h1-7H,8H2,(H,12,13,15);3-6,10H,1-2H3;1-5H2. The second-order valence-corrected chi connectivity index (χ2v) is 7.54. The van der Waals surface area contributed by atoms with Crippen molar-refractivity contribution in [1.82, 2.24) is 15.0 Å². The number of aromatic hydroxyl groups is 1. The number of anilines is 2. The fraction of sp³-hybridized carbons (Fsp3) is 0.375. The number of nitrogens with zero attached hydrogens (tertiary/aromatic N) is 4. The van der Waals surface area contributed by atoms with Crippen LogP contribution in [0, 0.1) is 4.91 Å². The van der Waals surface area contributed by atoms with E-state index in [1.54, 1.807) is 24.7 Å². The maximum absolute atomic E-state index is 10.1. The molecule has 2 heterocycles. The van der Waals surface area contributed by atoms with Crippen molar-refractivity contribution < 1.29 is 5.11 Å². The van der Waals surface area contributed by atoms with Crippen LogP contribution in [0.4, 0.5) is 11.6 Å². The van der Waals surface area contributed by atoms with Crippen LogP contribution in [-0.2, 0) is 6.54 Å². The van der Waals surface area contributed by atoms with Gasteiger partial charge in [-0.15, -0.1) is 0 Å². The number of nitroso groups, excluding NO2 is 1. The van der Waals surface area contributed by atoms with Gasteiger partial charge in [0, 0.05) is 24.3 Å². The van der Waals surface area contributed by atoms with Gasteiger partial charge in [-0.05, 0) is 41.3 Å². The van der Waals surface area contributed by atoms with Crippen LogP contribution in [-0.4, -0.2) is 20.1 Å². The second-order valence-electron chi connectivity index (χ2n) is 7.54. The van der Waals surface area contributed by atoms with Crippen molar-refractivity contribution in [2.45, 2.75) is 58.4 Å². The molecule has 0 bridgehead atoms. The van der Waals surface area contributed by atoms with Gasteiger partial charge >= 0.3 is 0 Å². The summed E-state index contributed by atoms with van der Waals surface area (Å²) in [5.74, 6) is 1.20. The Morgan fingerprint density at radius 3 is 2.06 bits per heavy atom. The minimum Gasteiger partial charge on any atom is -0.506 e. The lowest BCUT2D eigenvalue weighted by Crippen LogP contribution is -1.95. The zero-order valence-corrected chi connectivity index (χ0v) is 18.2. The SMILES string of the molecule is C1CCCC1.CC(C)c1ccncc1O.O=NCc1ccc(Nc2ncccn2)cc1. The van der Waals surface area contributed by atoms with Crippen molar-refractivity contribution in [2.75, 3.05) is 5.32 Å². The molecule has 1 saturated carbocycles. The number of hydrogen-bond donors (Lipinski definition) is 2. The van der Waals surface area contributed by atoms with Crippen molar-refractivity contribution in [3.8, 4) is 5.75 Å². The van der Waals surface area contributed by atoms with Crippen molar-refractivity contribution in [2.24, 2.45) is 5.18 Å². The first-order valence-corrected chi connectivity index (χ1v) is 10.6. The average molecular weight is 422 g/mol. The normalized spacial score (nSPS) is 12.2. The Hall–Kier alpha value is -3.35. The van der Waals surface area contributed by atoms with Crippen LogP contribution >= 0.6 is 0 Å². The largest absolute Gasteiger partial charge is 0.506 e. The van der Waals surface area contributed by atoms with E-state index >= 15 is 0 Å². The summed E-state index contributed by atoms with van der Waals surface area (Å²) in [6.07, 6.45) is 14.0. The Kier molecular flexibility index (Phi) is 10.6. The Morgan fingerprint density at radius 2 is 1.58 bits per heavy atom. The third-order valence-electron chi connectivity index (χ3n) is 4.73. The summed E-state index contributed by atoms with van der Waals surface area (Å²) >= 11 is 0. The third-order valence-corrected chi connectivity index (χ3v) is 4.73. The molecule has 31 heavy (non-hydrogen) atoms. The minimum atomic E-state index is 0.197. The van der Waals surface area contributed by atoms with Gasteiger partial charge in [0.2, 0.25) is 5.95 Å². The van der Waals surface area contributed by atoms with Gasteiger partial charge in [-0.3, -0.25) is 4.98 Å². The van der Waals surface area contributed by atoms with Crippen molar-refractivity contribution in [1.29, 1.82) is 0 Å². The quantitative estimate of drug-likeness (QED) is 0.466.